The van der Waals surface area contributed by atoms with E-state index in [-0.39, 0.29) is 13.0 Å². The summed E-state index contributed by atoms with van der Waals surface area (Å²) in [7, 11) is 2.94. The standard InChI is InChI=1S/C15H18FNO5/c1-9-6-11(21-2)12(22-3)7-10(9)13(18)17-5-4-15(16,8-17)14(19)20/h6-7H,4-5,8H2,1-3H3,(H,19,20). The lowest BCUT2D eigenvalue weighted by Gasteiger charge is -2.20. The topological polar surface area (TPSA) is 76.1 Å². The van der Waals surface area contributed by atoms with Gasteiger partial charge < -0.3 is 19.5 Å². The van der Waals surface area contributed by atoms with Gasteiger partial charge in [0.05, 0.1) is 20.8 Å². The SMILES string of the molecule is COc1cc(C)c(C(=O)N2CCC(F)(C(=O)O)C2)cc1OC. The molecule has 6 nitrogen and oxygen atoms in total. The van der Waals surface area contributed by atoms with Crippen molar-refractivity contribution in [3.63, 3.8) is 0 Å². The maximum absolute atomic E-state index is 14.1. The fourth-order valence-corrected chi connectivity index (χ4v) is 2.50. The van der Waals surface area contributed by atoms with Gasteiger partial charge in [-0.25, -0.2) is 9.18 Å². The van der Waals surface area contributed by atoms with Crippen LogP contribution in [0.25, 0.3) is 0 Å². The molecule has 1 unspecified atom stereocenters. The minimum absolute atomic E-state index is 0.0649. The van der Waals surface area contributed by atoms with Crippen molar-refractivity contribution in [2.75, 3.05) is 27.3 Å². The molecule has 1 N–H and O–H groups in total. The largest absolute Gasteiger partial charge is 0.493 e. The maximum atomic E-state index is 14.1. The zero-order valence-corrected chi connectivity index (χ0v) is 12.7. The van der Waals surface area contributed by atoms with Crippen LogP contribution in [0.4, 0.5) is 4.39 Å². The van der Waals surface area contributed by atoms with E-state index < -0.39 is 24.1 Å². The summed E-state index contributed by atoms with van der Waals surface area (Å²) in [5.74, 6) is -1.07. The third kappa shape index (κ3) is 2.70. The first kappa shape index (κ1) is 16.1. The highest BCUT2D eigenvalue weighted by molar-refractivity contribution is 5.97. The molecule has 1 aromatic carbocycles. The molecule has 1 aromatic rings. The second-order valence-corrected chi connectivity index (χ2v) is 5.27. The molecule has 1 aliphatic rings. The van der Waals surface area contributed by atoms with Gasteiger partial charge in [0.25, 0.3) is 5.91 Å². The van der Waals surface area contributed by atoms with Crippen LogP contribution in [-0.2, 0) is 4.79 Å². The highest BCUT2D eigenvalue weighted by atomic mass is 19.1. The molecule has 22 heavy (non-hydrogen) atoms. The highest BCUT2D eigenvalue weighted by Gasteiger charge is 2.47. The first-order chi connectivity index (χ1) is 10.3. The molecule has 1 amide bonds. The molecule has 1 saturated heterocycles. The number of hydrogen-bond acceptors (Lipinski definition) is 4. The average Bonchev–Trinajstić information content (AvgIpc) is 2.90. The zero-order valence-electron chi connectivity index (χ0n) is 12.7. The van der Waals surface area contributed by atoms with E-state index >= 15 is 0 Å². The summed E-state index contributed by atoms with van der Waals surface area (Å²) in [4.78, 5) is 24.7. The van der Waals surface area contributed by atoms with E-state index in [1.54, 1.807) is 13.0 Å². The third-order valence-electron chi connectivity index (χ3n) is 3.85. The normalized spacial score (nSPS) is 20.8. The first-order valence-corrected chi connectivity index (χ1v) is 6.76. The molecule has 0 aliphatic carbocycles. The lowest BCUT2D eigenvalue weighted by atomic mass is 10.1. The second-order valence-electron chi connectivity index (χ2n) is 5.27. The summed E-state index contributed by atoms with van der Waals surface area (Å²) in [6, 6.07) is 3.18. The molecule has 0 aromatic heterocycles. The summed E-state index contributed by atoms with van der Waals surface area (Å²) in [5.41, 5.74) is -1.39. The van der Waals surface area contributed by atoms with Crippen molar-refractivity contribution in [2.24, 2.45) is 0 Å². The molecule has 2 rings (SSSR count). The van der Waals surface area contributed by atoms with Gasteiger partial charge in [0.1, 0.15) is 0 Å². The fourth-order valence-electron chi connectivity index (χ4n) is 2.50. The number of carboxylic acids is 1. The molecule has 0 bridgehead atoms. The number of carbonyl (C=O) groups excluding carboxylic acids is 1. The van der Waals surface area contributed by atoms with Crippen LogP contribution >= 0.6 is 0 Å². The minimum atomic E-state index is -2.37. The van der Waals surface area contributed by atoms with Crippen LogP contribution in [0, 0.1) is 6.92 Å². The highest BCUT2D eigenvalue weighted by Crippen LogP contribution is 2.33. The Morgan fingerprint density at radius 3 is 2.36 bits per heavy atom. The molecule has 1 fully saturated rings. The van der Waals surface area contributed by atoms with Crippen molar-refractivity contribution >= 4 is 11.9 Å². The first-order valence-electron chi connectivity index (χ1n) is 6.76. The summed E-state index contributed by atoms with van der Waals surface area (Å²) < 4.78 is 24.4. The Morgan fingerprint density at radius 1 is 1.27 bits per heavy atom. The number of rotatable bonds is 4. The number of carboxylic acid groups (broad SMARTS) is 1. The van der Waals surface area contributed by atoms with Gasteiger partial charge >= 0.3 is 5.97 Å². The van der Waals surface area contributed by atoms with Gasteiger partial charge in [0, 0.05) is 18.5 Å². The summed E-state index contributed by atoms with van der Waals surface area (Å²) in [6.45, 7) is 1.34. The number of amides is 1. The van der Waals surface area contributed by atoms with E-state index in [0.29, 0.717) is 22.6 Å². The fraction of sp³-hybridized carbons (Fsp3) is 0.467. The summed E-state index contributed by atoms with van der Waals surface area (Å²) in [5, 5.41) is 8.90. The Kier molecular flexibility index (Phi) is 4.25. The van der Waals surface area contributed by atoms with Gasteiger partial charge in [-0.1, -0.05) is 0 Å². The van der Waals surface area contributed by atoms with E-state index in [9.17, 15) is 14.0 Å². The van der Waals surface area contributed by atoms with Gasteiger partial charge in [0.15, 0.2) is 11.5 Å². The van der Waals surface area contributed by atoms with Gasteiger partial charge in [-0.15, -0.1) is 0 Å². The molecule has 1 aliphatic heterocycles. The zero-order chi connectivity index (χ0) is 16.5. The monoisotopic (exact) mass is 311 g/mol. The third-order valence-corrected chi connectivity index (χ3v) is 3.85. The summed E-state index contributed by atoms with van der Waals surface area (Å²) in [6.07, 6.45) is -0.208. The smallest absolute Gasteiger partial charge is 0.343 e. The van der Waals surface area contributed by atoms with Crippen LogP contribution in [0.3, 0.4) is 0 Å². The van der Waals surface area contributed by atoms with Crippen LogP contribution in [-0.4, -0.2) is 54.9 Å². The Labute approximate surface area is 127 Å². The van der Waals surface area contributed by atoms with Gasteiger partial charge in [0.2, 0.25) is 5.67 Å². The van der Waals surface area contributed by atoms with Gasteiger partial charge in [-0.3, -0.25) is 4.79 Å². The number of hydrogen-bond donors (Lipinski definition) is 1. The van der Waals surface area contributed by atoms with E-state index in [1.165, 1.54) is 25.2 Å². The quantitative estimate of drug-likeness (QED) is 0.915. The average molecular weight is 311 g/mol. The van der Waals surface area contributed by atoms with Crippen molar-refractivity contribution in [3.05, 3.63) is 23.3 Å². The minimum Gasteiger partial charge on any atom is -0.493 e. The Hall–Kier alpha value is -2.31. The molecule has 1 atom stereocenters. The van der Waals surface area contributed by atoms with Crippen LogP contribution in [0.5, 0.6) is 11.5 Å². The predicted molar refractivity (Wildman–Crippen MR) is 76.3 cm³/mol. The number of likely N-dealkylation sites (tertiary alicyclic amines) is 1. The number of halogens is 1. The van der Waals surface area contributed by atoms with Crippen LogP contribution in [0.2, 0.25) is 0 Å². The second kappa shape index (κ2) is 5.82. The number of nitrogens with zero attached hydrogens (tertiary/aromatic N) is 1. The van der Waals surface area contributed by atoms with Crippen LogP contribution in [0.1, 0.15) is 22.3 Å². The summed E-state index contributed by atoms with van der Waals surface area (Å²) >= 11 is 0. The number of aryl methyl sites for hydroxylation is 1. The van der Waals surface area contributed by atoms with E-state index in [1.807, 2.05) is 0 Å². The van der Waals surface area contributed by atoms with E-state index in [2.05, 4.69) is 0 Å². The number of benzene rings is 1. The lowest BCUT2D eigenvalue weighted by molar-refractivity contribution is -0.149. The molecule has 0 saturated carbocycles. The Balaban J connectivity index is 2.29. The van der Waals surface area contributed by atoms with Crippen molar-refractivity contribution in [3.8, 4) is 11.5 Å². The maximum Gasteiger partial charge on any atom is 0.343 e. The lowest BCUT2D eigenvalue weighted by Crippen LogP contribution is -2.39. The molecule has 0 radical (unpaired) electrons. The number of methoxy groups -OCH3 is 2. The number of alkyl halides is 1. The van der Waals surface area contributed by atoms with Gasteiger partial charge in [-0.2, -0.15) is 0 Å². The van der Waals surface area contributed by atoms with Crippen molar-refractivity contribution in [1.82, 2.24) is 4.90 Å². The Bertz CT molecular complexity index is 618. The predicted octanol–water partition coefficient (Wildman–Crippen LogP) is 1.65. The number of ether oxygens (including phenoxy) is 2. The van der Waals surface area contributed by atoms with Crippen molar-refractivity contribution in [2.45, 2.75) is 19.0 Å². The van der Waals surface area contributed by atoms with Crippen molar-refractivity contribution in [1.29, 1.82) is 0 Å². The number of aliphatic carboxylic acids is 1. The van der Waals surface area contributed by atoms with Crippen molar-refractivity contribution < 1.29 is 28.6 Å². The molecule has 120 valence electrons. The molecular weight excluding hydrogens is 293 g/mol. The Morgan fingerprint density at radius 2 is 1.86 bits per heavy atom. The van der Waals surface area contributed by atoms with Crippen LogP contribution in [0.15, 0.2) is 12.1 Å². The molecular formula is C15H18FNO5. The molecule has 0 spiro atoms. The van der Waals surface area contributed by atoms with E-state index in [4.69, 9.17) is 14.6 Å². The number of carbonyl (C=O) groups is 2. The van der Waals surface area contributed by atoms with E-state index in [0.717, 1.165) is 0 Å². The van der Waals surface area contributed by atoms with Gasteiger partial charge in [-0.05, 0) is 24.6 Å². The molecule has 7 heteroatoms. The van der Waals surface area contributed by atoms with Crippen LogP contribution < -0.4 is 9.47 Å². The molecule has 1 heterocycles.